The van der Waals surface area contributed by atoms with Gasteiger partial charge >= 0.3 is 0 Å². The summed E-state index contributed by atoms with van der Waals surface area (Å²) >= 11 is 6.45. The predicted octanol–water partition coefficient (Wildman–Crippen LogP) is 1.57. The molecule has 0 atom stereocenters. The van der Waals surface area contributed by atoms with E-state index in [1.54, 1.807) is 4.68 Å². The van der Waals surface area contributed by atoms with Gasteiger partial charge in [0.2, 0.25) is 5.13 Å². The van der Waals surface area contributed by atoms with Crippen LogP contribution in [0.5, 0.6) is 0 Å². The second kappa shape index (κ2) is 4.11. The maximum absolute atomic E-state index is 4.98. The Bertz CT molecular complexity index is 497. The third kappa shape index (κ3) is 2.42. The van der Waals surface area contributed by atoms with E-state index < -0.39 is 0 Å². The summed E-state index contributed by atoms with van der Waals surface area (Å²) in [6, 6.07) is 0. The molecule has 0 saturated carbocycles. The van der Waals surface area contributed by atoms with E-state index in [0.29, 0.717) is 3.95 Å². The van der Waals surface area contributed by atoms with Gasteiger partial charge in [-0.25, -0.2) is 0 Å². The molecule has 7 heteroatoms. The monoisotopic (exact) mass is 241 g/mol. The largest absolute Gasteiger partial charge is 0.345 e. The Balaban J connectivity index is 2.10. The van der Waals surface area contributed by atoms with Crippen molar-refractivity contribution in [1.29, 1.82) is 0 Å². The van der Waals surface area contributed by atoms with Crippen LogP contribution >= 0.6 is 23.6 Å². The van der Waals surface area contributed by atoms with Crippen LogP contribution in [0.4, 0.5) is 5.13 Å². The van der Waals surface area contributed by atoms with Gasteiger partial charge in [-0.1, -0.05) is 11.3 Å². The van der Waals surface area contributed by atoms with Gasteiger partial charge in [0.1, 0.15) is 0 Å². The van der Waals surface area contributed by atoms with Crippen molar-refractivity contribution in [2.45, 2.75) is 6.54 Å². The fourth-order valence-corrected chi connectivity index (χ4v) is 2.12. The Kier molecular flexibility index (Phi) is 2.83. The maximum Gasteiger partial charge on any atom is 0.206 e. The highest BCUT2D eigenvalue weighted by Gasteiger charge is 2.06. The third-order valence-corrected chi connectivity index (χ3v) is 3.13. The first-order valence-corrected chi connectivity index (χ1v) is 5.62. The number of aryl methyl sites for hydroxylation is 1. The average Bonchev–Trinajstić information content (AvgIpc) is 2.75. The lowest BCUT2D eigenvalue weighted by molar-refractivity contribution is 0.766. The van der Waals surface area contributed by atoms with Gasteiger partial charge in [0.05, 0.1) is 6.20 Å². The van der Waals surface area contributed by atoms with Crippen molar-refractivity contribution < 1.29 is 0 Å². The molecule has 0 saturated heterocycles. The van der Waals surface area contributed by atoms with Gasteiger partial charge in [0.15, 0.2) is 3.95 Å². The molecule has 1 N–H and O–H groups in total. The highest BCUT2D eigenvalue weighted by Crippen LogP contribution is 2.17. The van der Waals surface area contributed by atoms with E-state index in [2.05, 4.69) is 15.3 Å². The summed E-state index contributed by atoms with van der Waals surface area (Å²) in [4.78, 5) is 2.04. The van der Waals surface area contributed by atoms with Gasteiger partial charge in [-0.15, -0.1) is 5.10 Å². The van der Waals surface area contributed by atoms with Crippen LogP contribution in [-0.4, -0.2) is 27.0 Å². The fourth-order valence-electron chi connectivity index (χ4n) is 1.28. The molecule has 2 aromatic rings. The first kappa shape index (κ1) is 10.3. The minimum absolute atomic E-state index is 0.697. The minimum Gasteiger partial charge on any atom is -0.345 e. The number of hydrogen-bond donors (Lipinski definition) is 1. The van der Waals surface area contributed by atoms with E-state index in [0.717, 1.165) is 17.2 Å². The van der Waals surface area contributed by atoms with Crippen LogP contribution in [-0.2, 0) is 13.6 Å². The maximum atomic E-state index is 4.98. The van der Waals surface area contributed by atoms with Crippen LogP contribution in [0.15, 0.2) is 12.4 Å². The van der Waals surface area contributed by atoms with Gasteiger partial charge in [0.25, 0.3) is 0 Å². The Morgan fingerprint density at radius 2 is 2.47 bits per heavy atom. The number of nitrogens with one attached hydrogen (secondary N) is 1. The smallest absolute Gasteiger partial charge is 0.206 e. The first-order valence-electron chi connectivity index (χ1n) is 4.39. The summed E-state index contributed by atoms with van der Waals surface area (Å²) in [5.41, 5.74) is 1.15. The van der Waals surface area contributed by atoms with E-state index in [-0.39, 0.29) is 0 Å². The highest BCUT2D eigenvalue weighted by molar-refractivity contribution is 7.73. The zero-order valence-corrected chi connectivity index (χ0v) is 10.1. The standard InChI is InChI=1S/C8H11N5S2/c1-12(7-10-11-8(14)15-7)4-6-3-9-13(2)5-6/h3,5H,4H2,1-2H3,(H,11,14). The van der Waals surface area contributed by atoms with Crippen molar-refractivity contribution in [3.63, 3.8) is 0 Å². The molecule has 0 amide bonds. The summed E-state index contributed by atoms with van der Waals surface area (Å²) < 4.78 is 2.48. The molecule has 0 bridgehead atoms. The molecule has 0 radical (unpaired) electrons. The van der Waals surface area contributed by atoms with Gasteiger partial charge in [-0.05, 0) is 12.2 Å². The van der Waals surface area contributed by atoms with Crippen LogP contribution in [0.3, 0.4) is 0 Å². The van der Waals surface area contributed by atoms with Gasteiger partial charge in [-0.2, -0.15) is 5.10 Å². The van der Waals surface area contributed by atoms with Crippen LogP contribution in [0.1, 0.15) is 5.56 Å². The SMILES string of the molecule is CN(Cc1cnn(C)c1)c1n[nH]c(=S)s1. The lowest BCUT2D eigenvalue weighted by atomic mass is 10.3. The lowest BCUT2D eigenvalue weighted by Crippen LogP contribution is -2.15. The number of rotatable bonds is 3. The van der Waals surface area contributed by atoms with Crippen molar-refractivity contribution in [3.8, 4) is 0 Å². The molecule has 0 aliphatic rings. The summed E-state index contributed by atoms with van der Waals surface area (Å²) in [6.07, 6.45) is 3.84. The molecule has 0 fully saturated rings. The van der Waals surface area contributed by atoms with Crippen molar-refractivity contribution in [1.82, 2.24) is 20.0 Å². The van der Waals surface area contributed by atoms with Gasteiger partial charge in [0, 0.05) is 32.4 Å². The normalized spacial score (nSPS) is 10.5. The van der Waals surface area contributed by atoms with E-state index in [1.165, 1.54) is 11.3 Å². The van der Waals surface area contributed by atoms with E-state index in [4.69, 9.17) is 12.2 Å². The summed E-state index contributed by atoms with van der Waals surface area (Å²) in [5, 5.41) is 11.9. The Morgan fingerprint density at radius 1 is 1.67 bits per heavy atom. The highest BCUT2D eigenvalue weighted by atomic mass is 32.1. The number of anilines is 1. The Labute approximate surface area is 96.4 Å². The first-order chi connectivity index (χ1) is 7.15. The zero-order chi connectivity index (χ0) is 10.8. The van der Waals surface area contributed by atoms with Crippen molar-refractivity contribution >= 4 is 28.7 Å². The number of aromatic amines is 1. The van der Waals surface area contributed by atoms with E-state index in [1.807, 2.05) is 31.4 Å². The van der Waals surface area contributed by atoms with Crippen LogP contribution in [0.2, 0.25) is 0 Å². The van der Waals surface area contributed by atoms with Gasteiger partial charge in [-0.3, -0.25) is 9.78 Å². The summed E-state index contributed by atoms with van der Waals surface area (Å²) in [6.45, 7) is 0.782. The number of nitrogens with zero attached hydrogens (tertiary/aromatic N) is 4. The molecule has 80 valence electrons. The molecule has 0 spiro atoms. The van der Waals surface area contributed by atoms with E-state index in [9.17, 15) is 0 Å². The Hall–Kier alpha value is -1.21. The molecule has 5 nitrogen and oxygen atoms in total. The quantitative estimate of drug-likeness (QED) is 0.829. The lowest BCUT2D eigenvalue weighted by Gasteiger charge is -2.12. The molecule has 2 aromatic heterocycles. The molecular formula is C8H11N5S2. The second-order valence-electron chi connectivity index (χ2n) is 3.27. The fraction of sp³-hybridized carbons (Fsp3) is 0.375. The number of hydrogen-bond acceptors (Lipinski definition) is 5. The van der Waals surface area contributed by atoms with Crippen molar-refractivity contribution in [2.24, 2.45) is 7.05 Å². The third-order valence-electron chi connectivity index (χ3n) is 1.93. The van der Waals surface area contributed by atoms with Crippen LogP contribution in [0.25, 0.3) is 0 Å². The zero-order valence-electron chi connectivity index (χ0n) is 8.47. The predicted molar refractivity (Wildman–Crippen MR) is 62.6 cm³/mol. The molecule has 2 heterocycles. The molecule has 0 aromatic carbocycles. The summed E-state index contributed by atoms with van der Waals surface area (Å²) in [5.74, 6) is 0. The van der Waals surface area contributed by atoms with Crippen molar-refractivity contribution in [2.75, 3.05) is 11.9 Å². The van der Waals surface area contributed by atoms with E-state index >= 15 is 0 Å². The minimum atomic E-state index is 0.697. The molecular weight excluding hydrogens is 230 g/mol. The average molecular weight is 241 g/mol. The topological polar surface area (TPSA) is 49.7 Å². The second-order valence-corrected chi connectivity index (χ2v) is 4.92. The molecule has 0 aliphatic heterocycles. The molecule has 0 unspecified atom stereocenters. The molecule has 15 heavy (non-hydrogen) atoms. The number of aromatic nitrogens is 4. The van der Waals surface area contributed by atoms with Gasteiger partial charge < -0.3 is 4.90 Å². The summed E-state index contributed by atoms with van der Waals surface area (Å²) in [7, 11) is 3.89. The Morgan fingerprint density at radius 3 is 3.00 bits per heavy atom. The number of H-pyrrole nitrogens is 1. The molecule has 2 rings (SSSR count). The molecule has 0 aliphatic carbocycles. The van der Waals surface area contributed by atoms with Crippen molar-refractivity contribution in [3.05, 3.63) is 21.9 Å². The van der Waals surface area contributed by atoms with Crippen LogP contribution in [0, 0.1) is 3.95 Å². The van der Waals surface area contributed by atoms with Crippen LogP contribution < -0.4 is 4.90 Å².